The third-order valence-electron chi connectivity index (χ3n) is 10.6. The zero-order valence-electron chi connectivity index (χ0n) is 30.5. The Morgan fingerprint density at radius 2 is 2.04 bits per heavy atom. The number of nitrogens with two attached hydrogens (primary N) is 2. The molecule has 55 heavy (non-hydrogen) atoms. The smallest absolute Gasteiger partial charge is 0.418 e. The first-order valence-corrected chi connectivity index (χ1v) is 20.0. The summed E-state index contributed by atoms with van der Waals surface area (Å²) < 4.78 is 40.0. The van der Waals surface area contributed by atoms with E-state index in [9.17, 15) is 33.0 Å². The number of carbonyl (C=O) groups is 3. The quantitative estimate of drug-likeness (QED) is 0.0339. The van der Waals surface area contributed by atoms with Crippen molar-refractivity contribution in [1.82, 2.24) is 25.4 Å². The van der Waals surface area contributed by atoms with E-state index in [2.05, 4.69) is 42.0 Å². The summed E-state index contributed by atoms with van der Waals surface area (Å²) >= 11 is 0.991. The molecule has 2 aliphatic heterocycles. The van der Waals surface area contributed by atoms with Gasteiger partial charge < -0.3 is 37.2 Å². The Kier molecular flexibility index (Phi) is 11.4. The van der Waals surface area contributed by atoms with Gasteiger partial charge in [-0.1, -0.05) is 23.4 Å². The molecule has 21 heteroatoms. The van der Waals surface area contributed by atoms with E-state index in [1.165, 1.54) is 26.2 Å². The number of nitrogen functional groups attached to an aromatic ring is 1. The number of carboxylic acid groups (broad SMARTS) is 1. The van der Waals surface area contributed by atoms with E-state index in [-0.39, 0.29) is 17.4 Å². The van der Waals surface area contributed by atoms with E-state index in [1.807, 2.05) is 23.0 Å². The summed E-state index contributed by atoms with van der Waals surface area (Å²) in [6.45, 7) is 7.38. The number of aliphatic hydroxyl groups excluding tert-OH is 1. The average Bonchev–Trinajstić information content (AvgIpc) is 3.91. The number of β-lactam (4-membered cyclic amide) rings is 1. The Labute approximate surface area is 321 Å². The molecule has 298 valence electrons. The predicted octanol–water partition coefficient (Wildman–Crippen LogP) is -0.380. The number of hydrogen-bond donors (Lipinski definition) is 7. The molecule has 6 rings (SSSR count). The second-order valence-corrected chi connectivity index (χ2v) is 16.7. The zero-order valence-corrected chi connectivity index (χ0v) is 32.2. The fourth-order valence-electron chi connectivity index (χ4n) is 7.25. The Morgan fingerprint density at radius 3 is 2.65 bits per heavy atom. The highest BCUT2D eigenvalue weighted by Gasteiger charge is 2.58. The molecular formula is C34H46N9O10S2+. The van der Waals surface area contributed by atoms with Crippen LogP contribution in [0.1, 0.15) is 50.4 Å². The number of amides is 2. The summed E-state index contributed by atoms with van der Waals surface area (Å²) in [6, 6.07) is 4.74. The third kappa shape index (κ3) is 8.52. The molecule has 1 aliphatic carbocycles. The monoisotopic (exact) mass is 804 g/mol. The lowest BCUT2D eigenvalue weighted by Gasteiger charge is -2.50. The SMILES string of the molecule is CC1(C)[C@H](NC(=O)/C(=N\O[C@](C)(C(=O)O)[C@H]2CCc3cc(-c4cn(C[C@H]5CCNC5)[n+](C[C@@H](O)CN)c4)ccc3C2)c2csc(N)n2)C(=O)N1OS(=O)(=O)O. The molecule has 3 aromatic rings. The highest BCUT2D eigenvalue weighted by Crippen LogP contribution is 2.37. The summed E-state index contributed by atoms with van der Waals surface area (Å²) in [5.41, 5.74) is 11.7. The van der Waals surface area contributed by atoms with Crippen molar-refractivity contribution in [2.75, 3.05) is 25.4 Å². The average molecular weight is 805 g/mol. The van der Waals surface area contributed by atoms with Gasteiger partial charge in [0.2, 0.25) is 11.8 Å². The van der Waals surface area contributed by atoms with Gasteiger partial charge in [0, 0.05) is 17.8 Å². The number of anilines is 1. The Bertz CT molecular complexity index is 2100. The maximum absolute atomic E-state index is 13.6. The number of thiazole rings is 1. The first kappa shape index (κ1) is 40.2. The van der Waals surface area contributed by atoms with Gasteiger partial charge in [-0.05, 0) is 82.2 Å². The van der Waals surface area contributed by atoms with E-state index in [0.29, 0.717) is 36.8 Å². The van der Waals surface area contributed by atoms with Gasteiger partial charge >= 0.3 is 16.4 Å². The number of nitrogens with zero attached hydrogens (tertiary/aromatic N) is 5. The van der Waals surface area contributed by atoms with Gasteiger partial charge in [0.05, 0.1) is 23.8 Å². The molecule has 2 amide bonds. The topological polar surface area (TPSA) is 278 Å². The highest BCUT2D eigenvalue weighted by atomic mass is 32.3. The largest absolute Gasteiger partial charge is 0.478 e. The van der Waals surface area contributed by atoms with Gasteiger partial charge in [0.15, 0.2) is 17.4 Å². The third-order valence-corrected chi connectivity index (χ3v) is 11.6. The number of aliphatic hydroxyl groups is 1. The minimum Gasteiger partial charge on any atom is -0.478 e. The lowest BCUT2D eigenvalue weighted by Crippen LogP contribution is -2.76. The zero-order chi connectivity index (χ0) is 39.9. The number of aryl methyl sites for hydroxylation is 1. The lowest BCUT2D eigenvalue weighted by atomic mass is 9.74. The van der Waals surface area contributed by atoms with Crippen LogP contribution >= 0.6 is 11.3 Å². The number of nitrogens with one attached hydrogen (secondary N) is 2. The van der Waals surface area contributed by atoms with Crippen LogP contribution in [-0.2, 0) is 59.8 Å². The van der Waals surface area contributed by atoms with Crippen molar-refractivity contribution in [3.05, 3.63) is 52.8 Å². The van der Waals surface area contributed by atoms with Crippen LogP contribution in [0.15, 0.2) is 41.1 Å². The van der Waals surface area contributed by atoms with Crippen molar-refractivity contribution in [3.63, 3.8) is 0 Å². The normalized spacial score (nSPS) is 22.7. The second kappa shape index (κ2) is 15.6. The van der Waals surface area contributed by atoms with Crippen LogP contribution in [0.2, 0.25) is 0 Å². The number of benzene rings is 1. The van der Waals surface area contributed by atoms with Gasteiger partial charge in [-0.25, -0.2) is 9.78 Å². The van der Waals surface area contributed by atoms with Crippen molar-refractivity contribution in [2.24, 2.45) is 22.7 Å². The summed E-state index contributed by atoms with van der Waals surface area (Å²) in [7, 11) is -5.03. The summed E-state index contributed by atoms with van der Waals surface area (Å²) in [5.74, 6) is -3.36. The molecule has 0 radical (unpaired) electrons. The number of aromatic nitrogens is 3. The number of carbonyl (C=O) groups excluding carboxylic acids is 2. The van der Waals surface area contributed by atoms with Crippen LogP contribution in [0.5, 0.6) is 0 Å². The number of hydroxylamine groups is 2. The maximum atomic E-state index is 13.6. The van der Waals surface area contributed by atoms with Gasteiger partial charge in [-0.15, -0.1) is 20.3 Å². The van der Waals surface area contributed by atoms with Gasteiger partial charge in [0.25, 0.3) is 11.8 Å². The molecule has 0 spiro atoms. The predicted molar refractivity (Wildman–Crippen MR) is 197 cm³/mol. The van der Waals surface area contributed by atoms with Crippen molar-refractivity contribution in [1.29, 1.82) is 0 Å². The summed E-state index contributed by atoms with van der Waals surface area (Å²) in [5, 5.41) is 32.6. The van der Waals surface area contributed by atoms with Crippen molar-refractivity contribution in [3.8, 4) is 11.1 Å². The van der Waals surface area contributed by atoms with Gasteiger partial charge in [-0.2, -0.15) is 18.2 Å². The minimum absolute atomic E-state index is 0.0440. The first-order valence-electron chi connectivity index (χ1n) is 17.7. The molecule has 0 bridgehead atoms. The van der Waals surface area contributed by atoms with Gasteiger partial charge in [0.1, 0.15) is 17.8 Å². The number of hydrogen-bond acceptors (Lipinski definition) is 14. The Morgan fingerprint density at radius 1 is 1.27 bits per heavy atom. The minimum atomic E-state index is -5.03. The van der Waals surface area contributed by atoms with E-state index < -0.39 is 63.1 Å². The van der Waals surface area contributed by atoms with Crippen LogP contribution in [0, 0.1) is 11.8 Å². The summed E-state index contributed by atoms with van der Waals surface area (Å²) in [4.78, 5) is 49.0. The van der Waals surface area contributed by atoms with Gasteiger partial charge in [-0.3, -0.25) is 14.1 Å². The number of rotatable bonds is 15. The fourth-order valence-corrected chi connectivity index (χ4v) is 8.25. The number of aliphatic carboxylic acids is 1. The number of carboxylic acids is 1. The molecule has 1 aromatic carbocycles. The standard InChI is InChI=1S/C34H45N9O10S2/c1-33(2)28(30(46)43(33)53-55(49,50)51)39-29(45)27(26-18-54-32(36)38-26)40-52-34(3,31(47)48)24-7-6-20-10-21(4-5-22(20)11-24)23-15-41(14-19-8-9-37-13-19)42(16-23)17-25(44)12-35/h4-5,10,15-16,18-19,24-25,28,37,44H,6-9,11-14,17,35H2,1-3H3,(H4-,36,38,39,45,47,48,49,50,51)/p+1/b40-27-/t19-,24-,25-,28+,34-/m0/s1. The highest BCUT2D eigenvalue weighted by molar-refractivity contribution is 7.80. The van der Waals surface area contributed by atoms with E-state index in [4.69, 9.17) is 20.9 Å². The van der Waals surface area contributed by atoms with E-state index in [0.717, 1.165) is 59.6 Å². The molecule has 3 aliphatic rings. The van der Waals surface area contributed by atoms with Crippen LogP contribution in [0.25, 0.3) is 11.1 Å². The molecule has 2 aromatic heterocycles. The van der Waals surface area contributed by atoms with Crippen molar-refractivity contribution < 1.29 is 51.4 Å². The molecule has 19 nitrogen and oxygen atoms in total. The van der Waals surface area contributed by atoms with E-state index in [1.54, 1.807) is 0 Å². The molecule has 2 fully saturated rings. The molecule has 0 unspecified atom stereocenters. The number of oxime groups is 1. The molecule has 0 saturated carbocycles. The number of fused-ring (bicyclic) bond motifs is 1. The van der Waals surface area contributed by atoms with Crippen LogP contribution in [0.4, 0.5) is 5.13 Å². The molecule has 5 atom stereocenters. The fraction of sp³-hybridized carbons (Fsp3) is 0.529. The van der Waals surface area contributed by atoms with E-state index >= 15 is 0 Å². The summed E-state index contributed by atoms with van der Waals surface area (Å²) in [6.07, 6.45) is 5.78. The van der Waals surface area contributed by atoms with Crippen molar-refractivity contribution in [2.45, 2.75) is 82.8 Å². The lowest BCUT2D eigenvalue weighted by molar-refractivity contribution is -0.780. The maximum Gasteiger partial charge on any atom is 0.418 e. The molecule has 2 saturated heterocycles. The van der Waals surface area contributed by atoms with Crippen LogP contribution in [-0.4, -0.2) is 104 Å². The van der Waals surface area contributed by atoms with Crippen LogP contribution in [0.3, 0.4) is 0 Å². The second-order valence-electron chi connectivity index (χ2n) is 14.8. The van der Waals surface area contributed by atoms with Crippen LogP contribution < -0.4 is 26.8 Å². The molecule has 9 N–H and O–H groups in total. The molecule has 4 heterocycles. The Hall–Kier alpha value is -4.51. The van der Waals surface area contributed by atoms with Crippen molar-refractivity contribution >= 4 is 50.4 Å². The first-order chi connectivity index (χ1) is 25.9. The molecular weight excluding hydrogens is 759 g/mol. The Balaban J connectivity index is 1.21.